The standard InChI is InChI=1S/C22H26ClN3O3/c1-16(24-21(27)19-5-3-4-6-20(19)23)22(28)26-13-11-25(12-14-26)15-17-7-9-18(29-2)10-8-17/h3-10,16H,11-15H2,1-2H3,(H,24,27)/t16-/m0/s1. The molecular weight excluding hydrogens is 390 g/mol. The largest absolute Gasteiger partial charge is 0.497 e. The van der Waals surface area contributed by atoms with Gasteiger partial charge < -0.3 is 15.0 Å². The zero-order chi connectivity index (χ0) is 20.8. The van der Waals surface area contributed by atoms with Crippen molar-refractivity contribution >= 4 is 23.4 Å². The highest BCUT2D eigenvalue weighted by molar-refractivity contribution is 6.33. The molecular formula is C22H26ClN3O3. The lowest BCUT2D eigenvalue weighted by Gasteiger charge is -2.36. The number of halogens is 1. The van der Waals surface area contributed by atoms with Gasteiger partial charge in [0.1, 0.15) is 11.8 Å². The monoisotopic (exact) mass is 415 g/mol. The van der Waals surface area contributed by atoms with Crippen LogP contribution in [0.25, 0.3) is 0 Å². The van der Waals surface area contributed by atoms with Crippen LogP contribution in [0.1, 0.15) is 22.8 Å². The van der Waals surface area contributed by atoms with E-state index >= 15 is 0 Å². The molecule has 1 saturated heterocycles. The van der Waals surface area contributed by atoms with Crippen molar-refractivity contribution in [2.45, 2.75) is 19.5 Å². The summed E-state index contributed by atoms with van der Waals surface area (Å²) in [5, 5.41) is 3.13. The van der Waals surface area contributed by atoms with Gasteiger partial charge in [-0.1, -0.05) is 35.9 Å². The summed E-state index contributed by atoms with van der Waals surface area (Å²) >= 11 is 6.06. The number of hydrogen-bond acceptors (Lipinski definition) is 4. The number of carbonyl (C=O) groups excluding carboxylic acids is 2. The summed E-state index contributed by atoms with van der Waals surface area (Å²) in [6.07, 6.45) is 0. The molecule has 0 unspecified atom stereocenters. The minimum absolute atomic E-state index is 0.0745. The number of piperazine rings is 1. The van der Waals surface area contributed by atoms with Crippen LogP contribution in [-0.2, 0) is 11.3 Å². The highest BCUT2D eigenvalue weighted by Gasteiger charge is 2.26. The normalized spacial score (nSPS) is 15.6. The first kappa shape index (κ1) is 21.1. The number of benzene rings is 2. The minimum Gasteiger partial charge on any atom is -0.497 e. The molecule has 3 rings (SSSR count). The summed E-state index contributed by atoms with van der Waals surface area (Å²) in [7, 11) is 1.66. The van der Waals surface area contributed by atoms with Crippen molar-refractivity contribution in [1.29, 1.82) is 0 Å². The second-order valence-electron chi connectivity index (χ2n) is 7.12. The molecule has 0 saturated carbocycles. The fourth-order valence-corrected chi connectivity index (χ4v) is 3.59. The molecule has 2 amide bonds. The Kier molecular flexibility index (Phi) is 7.12. The number of rotatable bonds is 6. The van der Waals surface area contributed by atoms with Gasteiger partial charge in [0.05, 0.1) is 17.7 Å². The topological polar surface area (TPSA) is 61.9 Å². The Morgan fingerprint density at radius 1 is 1.07 bits per heavy atom. The van der Waals surface area contributed by atoms with Crippen molar-refractivity contribution in [1.82, 2.24) is 15.1 Å². The Morgan fingerprint density at radius 3 is 2.34 bits per heavy atom. The molecule has 1 N–H and O–H groups in total. The quantitative estimate of drug-likeness (QED) is 0.788. The molecule has 7 heteroatoms. The number of nitrogens with one attached hydrogen (secondary N) is 1. The number of amides is 2. The van der Waals surface area contributed by atoms with Crippen LogP contribution in [0.4, 0.5) is 0 Å². The average Bonchev–Trinajstić information content (AvgIpc) is 2.74. The van der Waals surface area contributed by atoms with Crippen LogP contribution in [0, 0.1) is 0 Å². The Morgan fingerprint density at radius 2 is 1.72 bits per heavy atom. The van der Waals surface area contributed by atoms with Gasteiger partial charge in [0.25, 0.3) is 5.91 Å². The fourth-order valence-electron chi connectivity index (χ4n) is 3.37. The molecule has 1 aliphatic heterocycles. The van der Waals surface area contributed by atoms with E-state index in [1.165, 1.54) is 5.56 Å². The summed E-state index contributed by atoms with van der Waals surface area (Å²) < 4.78 is 5.19. The number of ether oxygens (including phenoxy) is 1. The zero-order valence-corrected chi connectivity index (χ0v) is 17.5. The SMILES string of the molecule is COc1ccc(CN2CCN(C(=O)[C@H](C)NC(=O)c3ccccc3Cl)CC2)cc1. The Labute approximate surface area is 176 Å². The highest BCUT2D eigenvalue weighted by atomic mass is 35.5. The third kappa shape index (κ3) is 5.49. The third-order valence-electron chi connectivity index (χ3n) is 5.09. The van der Waals surface area contributed by atoms with Crippen molar-refractivity contribution in [3.05, 3.63) is 64.7 Å². The third-order valence-corrected chi connectivity index (χ3v) is 5.42. The van der Waals surface area contributed by atoms with Crippen molar-refractivity contribution < 1.29 is 14.3 Å². The van der Waals surface area contributed by atoms with Gasteiger partial charge in [-0.05, 0) is 36.8 Å². The van der Waals surface area contributed by atoms with E-state index in [2.05, 4.69) is 22.3 Å². The van der Waals surface area contributed by atoms with Crippen molar-refractivity contribution in [3.63, 3.8) is 0 Å². The molecule has 1 aliphatic rings. The predicted octanol–water partition coefficient (Wildman–Crippen LogP) is 2.81. The lowest BCUT2D eigenvalue weighted by atomic mass is 10.1. The smallest absolute Gasteiger partial charge is 0.253 e. The Bertz CT molecular complexity index is 849. The second kappa shape index (κ2) is 9.76. The summed E-state index contributed by atoms with van der Waals surface area (Å²) in [4.78, 5) is 29.2. The van der Waals surface area contributed by atoms with Crippen LogP contribution in [0.15, 0.2) is 48.5 Å². The van der Waals surface area contributed by atoms with Crippen LogP contribution in [0.2, 0.25) is 5.02 Å². The molecule has 29 heavy (non-hydrogen) atoms. The van der Waals surface area contributed by atoms with Gasteiger partial charge in [0.2, 0.25) is 5.91 Å². The first-order valence-corrected chi connectivity index (χ1v) is 10.0. The number of nitrogens with zero attached hydrogens (tertiary/aromatic N) is 2. The van der Waals surface area contributed by atoms with Gasteiger partial charge >= 0.3 is 0 Å². The minimum atomic E-state index is -0.605. The number of methoxy groups -OCH3 is 1. The molecule has 154 valence electrons. The maximum Gasteiger partial charge on any atom is 0.253 e. The maximum absolute atomic E-state index is 12.7. The first-order valence-electron chi connectivity index (χ1n) is 9.67. The van der Waals surface area contributed by atoms with E-state index in [4.69, 9.17) is 16.3 Å². The molecule has 1 fully saturated rings. The van der Waals surface area contributed by atoms with Crippen LogP contribution in [0.5, 0.6) is 5.75 Å². The Hall–Kier alpha value is -2.57. The lowest BCUT2D eigenvalue weighted by molar-refractivity contribution is -0.134. The predicted molar refractivity (Wildman–Crippen MR) is 113 cm³/mol. The van der Waals surface area contributed by atoms with Gasteiger partial charge in [-0.15, -0.1) is 0 Å². The highest BCUT2D eigenvalue weighted by Crippen LogP contribution is 2.16. The molecule has 6 nitrogen and oxygen atoms in total. The molecule has 1 atom stereocenters. The van der Waals surface area contributed by atoms with Crippen molar-refractivity contribution in [2.24, 2.45) is 0 Å². The molecule has 1 heterocycles. The summed E-state index contributed by atoms with van der Waals surface area (Å²) in [5.74, 6) is 0.432. The fraction of sp³-hybridized carbons (Fsp3) is 0.364. The van der Waals surface area contributed by atoms with E-state index in [0.29, 0.717) is 23.7 Å². The van der Waals surface area contributed by atoms with Crippen LogP contribution in [-0.4, -0.2) is 60.9 Å². The average molecular weight is 416 g/mol. The van der Waals surface area contributed by atoms with Gasteiger partial charge in [0, 0.05) is 32.7 Å². The zero-order valence-electron chi connectivity index (χ0n) is 16.7. The lowest BCUT2D eigenvalue weighted by Crippen LogP contribution is -2.53. The summed E-state index contributed by atoms with van der Waals surface area (Å²) in [6, 6.07) is 14.2. The van der Waals surface area contributed by atoms with Crippen LogP contribution >= 0.6 is 11.6 Å². The van der Waals surface area contributed by atoms with Gasteiger partial charge in [-0.2, -0.15) is 0 Å². The van der Waals surface area contributed by atoms with E-state index < -0.39 is 6.04 Å². The van der Waals surface area contributed by atoms with E-state index in [1.807, 2.05) is 17.0 Å². The molecule has 2 aromatic carbocycles. The molecule has 0 aliphatic carbocycles. The summed E-state index contributed by atoms with van der Waals surface area (Å²) in [5.41, 5.74) is 1.59. The van der Waals surface area contributed by atoms with Crippen LogP contribution in [0.3, 0.4) is 0 Å². The number of hydrogen-bond donors (Lipinski definition) is 1. The molecule has 0 spiro atoms. The van der Waals surface area contributed by atoms with E-state index in [1.54, 1.807) is 38.3 Å². The molecule has 0 bridgehead atoms. The summed E-state index contributed by atoms with van der Waals surface area (Å²) in [6.45, 7) is 5.42. The van der Waals surface area contributed by atoms with Gasteiger partial charge in [-0.25, -0.2) is 0 Å². The van der Waals surface area contributed by atoms with Crippen molar-refractivity contribution in [3.8, 4) is 5.75 Å². The van der Waals surface area contributed by atoms with Crippen LogP contribution < -0.4 is 10.1 Å². The molecule has 2 aromatic rings. The molecule has 0 radical (unpaired) electrons. The van der Waals surface area contributed by atoms with E-state index in [9.17, 15) is 9.59 Å². The number of carbonyl (C=O) groups is 2. The maximum atomic E-state index is 12.7. The van der Waals surface area contributed by atoms with Gasteiger partial charge in [0.15, 0.2) is 0 Å². The molecule has 0 aromatic heterocycles. The van der Waals surface area contributed by atoms with Gasteiger partial charge in [-0.3, -0.25) is 14.5 Å². The van der Waals surface area contributed by atoms with E-state index in [0.717, 1.165) is 25.4 Å². The van der Waals surface area contributed by atoms with E-state index in [-0.39, 0.29) is 11.8 Å². The first-order chi connectivity index (χ1) is 14.0. The Balaban J connectivity index is 1.48. The van der Waals surface area contributed by atoms with Crippen molar-refractivity contribution in [2.75, 3.05) is 33.3 Å². The second-order valence-corrected chi connectivity index (χ2v) is 7.53.